The van der Waals surface area contributed by atoms with E-state index in [4.69, 9.17) is 5.11 Å². The molecule has 0 amide bonds. The van der Waals surface area contributed by atoms with E-state index in [0.29, 0.717) is 23.6 Å². The van der Waals surface area contributed by atoms with Crippen LogP contribution in [0.15, 0.2) is 54.7 Å². The molecule has 3 rings (SSSR count). The minimum atomic E-state index is -0.976. The number of carboxylic acid groups (broad SMARTS) is 1. The van der Waals surface area contributed by atoms with E-state index in [-0.39, 0.29) is 11.4 Å². The molecule has 0 fully saturated rings. The first-order valence-corrected chi connectivity index (χ1v) is 6.86. The van der Waals surface area contributed by atoms with Gasteiger partial charge in [-0.25, -0.2) is 13.9 Å². The molecule has 2 N–H and O–H groups in total. The Bertz CT molecular complexity index is 830. The maximum absolute atomic E-state index is 12.9. The zero-order valence-corrected chi connectivity index (χ0v) is 12.0. The lowest BCUT2D eigenvalue weighted by Gasteiger charge is -2.04. The van der Waals surface area contributed by atoms with Gasteiger partial charge >= 0.3 is 5.97 Å². The molecule has 0 unspecified atom stereocenters. The quantitative estimate of drug-likeness (QED) is 0.757. The van der Waals surface area contributed by atoms with Gasteiger partial charge in [-0.05, 0) is 42.5 Å². The van der Waals surface area contributed by atoms with Crippen LogP contribution in [0, 0.1) is 5.82 Å². The topological polar surface area (TPSA) is 80.0 Å². The predicted octanol–water partition coefficient (Wildman–Crippen LogP) is 2.72. The molecular formula is C16H13FN4O2. The Kier molecular flexibility index (Phi) is 4.01. The molecule has 0 saturated heterocycles. The summed E-state index contributed by atoms with van der Waals surface area (Å²) in [5, 5.41) is 20.1. The molecule has 6 nitrogen and oxygen atoms in total. The predicted molar refractivity (Wildman–Crippen MR) is 82.0 cm³/mol. The first kappa shape index (κ1) is 14.7. The van der Waals surface area contributed by atoms with Crippen molar-refractivity contribution in [3.05, 3.63) is 71.8 Å². The SMILES string of the molecule is O=C(O)c1cccc(NCc2cn(-c3ccc(F)cc3)nn2)c1. The highest BCUT2D eigenvalue weighted by Gasteiger charge is 2.05. The summed E-state index contributed by atoms with van der Waals surface area (Å²) in [6.45, 7) is 0.393. The lowest BCUT2D eigenvalue weighted by molar-refractivity contribution is 0.0697. The molecule has 0 aliphatic carbocycles. The van der Waals surface area contributed by atoms with Gasteiger partial charge in [0.2, 0.25) is 0 Å². The Balaban J connectivity index is 1.69. The molecule has 0 aliphatic heterocycles. The summed E-state index contributed by atoms with van der Waals surface area (Å²) < 4.78 is 14.5. The van der Waals surface area contributed by atoms with Crippen molar-refractivity contribution >= 4 is 11.7 Å². The van der Waals surface area contributed by atoms with E-state index < -0.39 is 5.97 Å². The van der Waals surface area contributed by atoms with E-state index in [1.165, 1.54) is 18.2 Å². The number of aromatic carboxylic acids is 1. The molecule has 2 aromatic carbocycles. The lowest BCUT2D eigenvalue weighted by Crippen LogP contribution is -2.02. The minimum Gasteiger partial charge on any atom is -0.478 e. The second kappa shape index (κ2) is 6.27. The van der Waals surface area contributed by atoms with Crippen molar-refractivity contribution in [1.29, 1.82) is 0 Å². The van der Waals surface area contributed by atoms with Crippen molar-refractivity contribution in [3.8, 4) is 5.69 Å². The summed E-state index contributed by atoms with van der Waals surface area (Å²) in [6, 6.07) is 12.4. The van der Waals surface area contributed by atoms with Gasteiger partial charge in [-0.1, -0.05) is 11.3 Å². The molecule has 116 valence electrons. The number of aromatic nitrogens is 3. The van der Waals surface area contributed by atoms with Gasteiger partial charge in [0.15, 0.2) is 0 Å². The Morgan fingerprint density at radius 3 is 2.74 bits per heavy atom. The summed E-state index contributed by atoms with van der Waals surface area (Å²) in [5.74, 6) is -1.29. The highest BCUT2D eigenvalue weighted by Crippen LogP contribution is 2.13. The molecule has 23 heavy (non-hydrogen) atoms. The molecule has 0 aliphatic rings. The Morgan fingerprint density at radius 2 is 2.00 bits per heavy atom. The Hall–Kier alpha value is -3.22. The van der Waals surface area contributed by atoms with E-state index in [1.807, 2.05) is 0 Å². The largest absolute Gasteiger partial charge is 0.478 e. The van der Waals surface area contributed by atoms with E-state index >= 15 is 0 Å². The fraction of sp³-hybridized carbons (Fsp3) is 0.0625. The van der Waals surface area contributed by atoms with Crippen LogP contribution in [0.1, 0.15) is 16.1 Å². The fourth-order valence-electron chi connectivity index (χ4n) is 2.05. The molecule has 1 heterocycles. The monoisotopic (exact) mass is 312 g/mol. The van der Waals surface area contributed by atoms with E-state index in [1.54, 1.807) is 41.2 Å². The normalized spacial score (nSPS) is 10.5. The van der Waals surface area contributed by atoms with Gasteiger partial charge in [0, 0.05) is 5.69 Å². The second-order valence-corrected chi connectivity index (χ2v) is 4.87. The molecule has 0 saturated carbocycles. The number of carboxylic acids is 1. The van der Waals surface area contributed by atoms with Gasteiger partial charge in [-0.3, -0.25) is 0 Å². The zero-order chi connectivity index (χ0) is 16.2. The molecular weight excluding hydrogens is 299 g/mol. The number of carbonyl (C=O) groups is 1. The van der Waals surface area contributed by atoms with Crippen LogP contribution in [0.5, 0.6) is 0 Å². The average molecular weight is 312 g/mol. The summed E-state index contributed by atoms with van der Waals surface area (Å²) in [7, 11) is 0. The Labute approximate surface area is 131 Å². The van der Waals surface area contributed by atoms with Crippen molar-refractivity contribution in [2.24, 2.45) is 0 Å². The standard InChI is InChI=1S/C16H13FN4O2/c17-12-4-6-15(7-5-12)21-10-14(19-20-21)9-18-13-3-1-2-11(8-13)16(22)23/h1-8,10,18H,9H2,(H,22,23). The Morgan fingerprint density at radius 1 is 1.22 bits per heavy atom. The number of halogens is 1. The van der Waals surface area contributed by atoms with Crippen molar-refractivity contribution in [1.82, 2.24) is 15.0 Å². The number of benzene rings is 2. The van der Waals surface area contributed by atoms with Gasteiger partial charge < -0.3 is 10.4 Å². The van der Waals surface area contributed by atoms with Crippen LogP contribution in [-0.4, -0.2) is 26.1 Å². The highest BCUT2D eigenvalue weighted by atomic mass is 19.1. The molecule has 1 aromatic heterocycles. The minimum absolute atomic E-state index is 0.213. The third-order valence-corrected chi connectivity index (χ3v) is 3.22. The number of hydrogen-bond donors (Lipinski definition) is 2. The van der Waals surface area contributed by atoms with Crippen molar-refractivity contribution < 1.29 is 14.3 Å². The third kappa shape index (κ3) is 3.52. The number of nitrogens with zero attached hydrogens (tertiary/aromatic N) is 3. The zero-order valence-electron chi connectivity index (χ0n) is 12.0. The van der Waals surface area contributed by atoms with Crippen LogP contribution in [0.2, 0.25) is 0 Å². The summed E-state index contributed by atoms with van der Waals surface area (Å²) >= 11 is 0. The fourth-order valence-corrected chi connectivity index (χ4v) is 2.05. The smallest absolute Gasteiger partial charge is 0.335 e. The van der Waals surface area contributed by atoms with Gasteiger partial charge in [0.05, 0.1) is 24.0 Å². The number of rotatable bonds is 5. The highest BCUT2D eigenvalue weighted by molar-refractivity contribution is 5.88. The summed E-state index contributed by atoms with van der Waals surface area (Å²) in [4.78, 5) is 10.9. The molecule has 0 atom stereocenters. The van der Waals surface area contributed by atoms with Crippen LogP contribution in [0.25, 0.3) is 5.69 Å². The molecule has 0 bridgehead atoms. The van der Waals surface area contributed by atoms with E-state index in [0.717, 1.165) is 0 Å². The average Bonchev–Trinajstić information content (AvgIpc) is 3.03. The molecule has 0 spiro atoms. The summed E-state index contributed by atoms with van der Waals surface area (Å²) in [5.41, 5.74) is 2.28. The van der Waals surface area contributed by atoms with Crippen LogP contribution < -0.4 is 5.32 Å². The van der Waals surface area contributed by atoms with E-state index in [2.05, 4.69) is 15.6 Å². The van der Waals surface area contributed by atoms with Crippen LogP contribution in [-0.2, 0) is 6.54 Å². The number of hydrogen-bond acceptors (Lipinski definition) is 4. The number of nitrogens with one attached hydrogen (secondary N) is 1. The summed E-state index contributed by atoms with van der Waals surface area (Å²) in [6.07, 6.45) is 1.72. The van der Waals surface area contributed by atoms with Crippen molar-refractivity contribution in [2.75, 3.05) is 5.32 Å². The second-order valence-electron chi connectivity index (χ2n) is 4.87. The van der Waals surface area contributed by atoms with Crippen molar-refractivity contribution in [3.63, 3.8) is 0 Å². The van der Waals surface area contributed by atoms with Gasteiger partial charge in [0.1, 0.15) is 11.5 Å². The molecule has 3 aromatic rings. The van der Waals surface area contributed by atoms with Gasteiger partial charge in [0.25, 0.3) is 0 Å². The van der Waals surface area contributed by atoms with Crippen LogP contribution >= 0.6 is 0 Å². The molecule has 7 heteroatoms. The first-order valence-electron chi connectivity index (χ1n) is 6.86. The van der Waals surface area contributed by atoms with Gasteiger partial charge in [-0.15, -0.1) is 5.10 Å². The van der Waals surface area contributed by atoms with Gasteiger partial charge in [-0.2, -0.15) is 0 Å². The third-order valence-electron chi connectivity index (χ3n) is 3.22. The molecule has 0 radical (unpaired) electrons. The maximum atomic E-state index is 12.9. The maximum Gasteiger partial charge on any atom is 0.335 e. The van der Waals surface area contributed by atoms with E-state index in [9.17, 15) is 9.18 Å². The van der Waals surface area contributed by atoms with Crippen LogP contribution in [0.3, 0.4) is 0 Å². The lowest BCUT2D eigenvalue weighted by atomic mass is 10.2. The van der Waals surface area contributed by atoms with Crippen LogP contribution in [0.4, 0.5) is 10.1 Å². The first-order chi connectivity index (χ1) is 11.1. The van der Waals surface area contributed by atoms with Crippen molar-refractivity contribution in [2.45, 2.75) is 6.54 Å². The number of anilines is 1.